The van der Waals surface area contributed by atoms with E-state index in [1.165, 1.54) is 5.57 Å². The van der Waals surface area contributed by atoms with Crippen LogP contribution in [0, 0.1) is 18.3 Å². The third-order valence-electron chi connectivity index (χ3n) is 6.69. The number of nitrogens with one attached hydrogen (secondary N) is 1. The topological polar surface area (TPSA) is 86.3 Å². The molecule has 1 N–H and O–H groups in total. The van der Waals surface area contributed by atoms with Gasteiger partial charge in [0.05, 0.1) is 23.2 Å². The van der Waals surface area contributed by atoms with E-state index in [-0.39, 0.29) is 11.9 Å². The molecule has 4 aromatic rings. The summed E-state index contributed by atoms with van der Waals surface area (Å²) in [6, 6.07) is 14.4. The standard InChI is InChI=1S/C27H26N6O/c1-17-22(16-28)5-4-6-23(17)18(2)30-26-24-15-21(20-9-12-32(13-10-20)19(3)34)7-8-25(24)33-14-11-29-27(33)31-26/h4-9,11,14-15,18H,10,12-13H2,1-3H3,(H,29,30,31)/t18-/m1/s1. The van der Waals surface area contributed by atoms with Gasteiger partial charge in [0.1, 0.15) is 5.82 Å². The van der Waals surface area contributed by atoms with E-state index in [0.29, 0.717) is 17.9 Å². The van der Waals surface area contributed by atoms with Gasteiger partial charge in [0.25, 0.3) is 0 Å². The Hall–Kier alpha value is -4.18. The number of hydrogen-bond donors (Lipinski definition) is 1. The van der Waals surface area contributed by atoms with Crippen LogP contribution in [0.5, 0.6) is 0 Å². The van der Waals surface area contributed by atoms with Gasteiger partial charge in [-0.05, 0) is 60.7 Å². The van der Waals surface area contributed by atoms with Gasteiger partial charge < -0.3 is 10.2 Å². The van der Waals surface area contributed by atoms with Crippen LogP contribution in [-0.2, 0) is 4.79 Å². The van der Waals surface area contributed by atoms with Crippen molar-refractivity contribution in [2.24, 2.45) is 0 Å². The highest BCUT2D eigenvalue weighted by molar-refractivity contribution is 5.94. The fourth-order valence-corrected chi connectivity index (χ4v) is 4.72. The summed E-state index contributed by atoms with van der Waals surface area (Å²) in [7, 11) is 0. The molecule has 34 heavy (non-hydrogen) atoms. The molecule has 1 aliphatic rings. The van der Waals surface area contributed by atoms with E-state index in [1.807, 2.05) is 40.6 Å². The van der Waals surface area contributed by atoms with E-state index in [9.17, 15) is 10.1 Å². The second-order valence-electron chi connectivity index (χ2n) is 8.73. The number of hydrogen-bond acceptors (Lipinski definition) is 5. The summed E-state index contributed by atoms with van der Waals surface area (Å²) in [4.78, 5) is 22.8. The van der Waals surface area contributed by atoms with Gasteiger partial charge in [0.2, 0.25) is 11.7 Å². The summed E-state index contributed by atoms with van der Waals surface area (Å²) < 4.78 is 1.99. The van der Waals surface area contributed by atoms with Gasteiger partial charge in [-0.3, -0.25) is 9.20 Å². The molecular formula is C27H26N6O. The minimum absolute atomic E-state index is 0.0527. The van der Waals surface area contributed by atoms with Crippen LogP contribution in [0.4, 0.5) is 5.82 Å². The molecule has 1 atom stereocenters. The molecule has 0 aliphatic carbocycles. The van der Waals surface area contributed by atoms with Gasteiger partial charge in [-0.15, -0.1) is 0 Å². The molecule has 2 aromatic carbocycles. The smallest absolute Gasteiger partial charge is 0.236 e. The van der Waals surface area contributed by atoms with E-state index in [2.05, 4.69) is 47.6 Å². The van der Waals surface area contributed by atoms with E-state index in [1.54, 1.807) is 13.1 Å². The predicted octanol–water partition coefficient (Wildman–Crippen LogP) is 4.87. The van der Waals surface area contributed by atoms with Crippen LogP contribution in [0.3, 0.4) is 0 Å². The van der Waals surface area contributed by atoms with Crippen molar-refractivity contribution in [3.63, 3.8) is 0 Å². The molecule has 0 radical (unpaired) electrons. The number of aromatic nitrogens is 3. The molecular weight excluding hydrogens is 424 g/mol. The summed E-state index contributed by atoms with van der Waals surface area (Å²) in [5, 5.41) is 14.0. The second-order valence-corrected chi connectivity index (χ2v) is 8.73. The van der Waals surface area contributed by atoms with Gasteiger partial charge in [-0.1, -0.05) is 24.3 Å². The van der Waals surface area contributed by atoms with Gasteiger partial charge in [-0.2, -0.15) is 10.2 Å². The van der Waals surface area contributed by atoms with Crippen LogP contribution in [0.2, 0.25) is 0 Å². The van der Waals surface area contributed by atoms with Crippen molar-refractivity contribution in [1.82, 2.24) is 19.3 Å². The van der Waals surface area contributed by atoms with Gasteiger partial charge in [-0.25, -0.2) is 4.98 Å². The quantitative estimate of drug-likeness (QED) is 0.479. The van der Waals surface area contributed by atoms with Crippen LogP contribution >= 0.6 is 0 Å². The molecule has 5 rings (SSSR count). The number of rotatable bonds is 4. The van der Waals surface area contributed by atoms with Crippen molar-refractivity contribution >= 4 is 34.0 Å². The summed E-state index contributed by atoms with van der Waals surface area (Å²) in [5.41, 5.74) is 6.10. The SMILES string of the molecule is CC(=O)N1CC=C(c2ccc3c(c2)c(N[C@H](C)c2cccc(C#N)c2C)nc2nccn23)CC1. The average Bonchev–Trinajstić information content (AvgIpc) is 3.32. The Kier molecular flexibility index (Phi) is 5.50. The lowest BCUT2D eigenvalue weighted by atomic mass is 9.97. The largest absolute Gasteiger partial charge is 0.363 e. The molecule has 1 amide bonds. The van der Waals surface area contributed by atoms with Crippen LogP contribution in [0.1, 0.15) is 48.6 Å². The number of imidazole rings is 1. The highest BCUT2D eigenvalue weighted by Crippen LogP contribution is 2.32. The second kappa shape index (κ2) is 8.64. The maximum Gasteiger partial charge on any atom is 0.236 e. The Morgan fingerprint density at radius 2 is 2.12 bits per heavy atom. The van der Waals surface area contributed by atoms with Gasteiger partial charge >= 0.3 is 0 Å². The van der Waals surface area contributed by atoms with Crippen LogP contribution in [-0.4, -0.2) is 38.3 Å². The van der Waals surface area contributed by atoms with Crippen molar-refractivity contribution in [2.45, 2.75) is 33.2 Å². The zero-order chi connectivity index (χ0) is 23.8. The van der Waals surface area contributed by atoms with Crippen molar-refractivity contribution < 1.29 is 4.79 Å². The number of fused-ring (bicyclic) bond motifs is 3. The molecule has 170 valence electrons. The van der Waals surface area contributed by atoms with Crippen LogP contribution in [0.25, 0.3) is 22.3 Å². The molecule has 0 bridgehead atoms. The molecule has 2 aromatic heterocycles. The van der Waals surface area contributed by atoms with E-state index in [4.69, 9.17) is 4.98 Å². The Balaban J connectivity index is 1.57. The maximum absolute atomic E-state index is 11.7. The highest BCUT2D eigenvalue weighted by atomic mass is 16.2. The van der Waals surface area contributed by atoms with Crippen LogP contribution < -0.4 is 5.32 Å². The number of nitriles is 1. The van der Waals surface area contributed by atoms with Crippen molar-refractivity contribution in [2.75, 3.05) is 18.4 Å². The lowest BCUT2D eigenvalue weighted by Crippen LogP contribution is -2.32. The molecule has 1 aliphatic heterocycles. The number of nitrogens with zero attached hydrogens (tertiary/aromatic N) is 5. The fraction of sp³-hybridized carbons (Fsp3) is 0.259. The first kappa shape index (κ1) is 21.7. The fourth-order valence-electron chi connectivity index (χ4n) is 4.72. The summed E-state index contributed by atoms with van der Waals surface area (Å²) >= 11 is 0. The Morgan fingerprint density at radius 1 is 1.26 bits per heavy atom. The maximum atomic E-state index is 11.7. The highest BCUT2D eigenvalue weighted by Gasteiger charge is 2.18. The van der Waals surface area contributed by atoms with E-state index >= 15 is 0 Å². The van der Waals surface area contributed by atoms with Crippen molar-refractivity contribution in [3.8, 4) is 6.07 Å². The minimum Gasteiger partial charge on any atom is -0.363 e. The molecule has 0 unspecified atom stereocenters. The van der Waals surface area contributed by atoms with Crippen molar-refractivity contribution in [3.05, 3.63) is 77.1 Å². The zero-order valence-corrected chi connectivity index (χ0v) is 19.5. The third kappa shape index (κ3) is 3.77. The average molecular weight is 451 g/mol. The predicted molar refractivity (Wildman–Crippen MR) is 133 cm³/mol. The molecule has 0 saturated carbocycles. The van der Waals surface area contributed by atoms with Crippen molar-refractivity contribution in [1.29, 1.82) is 5.26 Å². The molecule has 0 saturated heterocycles. The monoisotopic (exact) mass is 450 g/mol. The molecule has 7 heteroatoms. The molecule has 3 heterocycles. The zero-order valence-electron chi connectivity index (χ0n) is 19.5. The third-order valence-corrected chi connectivity index (χ3v) is 6.69. The first-order valence-corrected chi connectivity index (χ1v) is 11.4. The Labute approximate surface area is 198 Å². The normalized spacial score (nSPS) is 14.6. The van der Waals surface area contributed by atoms with E-state index < -0.39 is 0 Å². The Morgan fingerprint density at radius 3 is 2.85 bits per heavy atom. The first-order chi connectivity index (χ1) is 16.5. The number of benzene rings is 2. The molecule has 7 nitrogen and oxygen atoms in total. The lowest BCUT2D eigenvalue weighted by Gasteiger charge is -2.25. The van der Waals surface area contributed by atoms with E-state index in [0.717, 1.165) is 46.4 Å². The Bertz CT molecular complexity index is 1490. The number of carbonyl (C=O) groups excluding carboxylic acids is 1. The number of amides is 1. The number of anilines is 1. The summed E-state index contributed by atoms with van der Waals surface area (Å²) in [5.74, 6) is 1.50. The number of carbonyl (C=O) groups is 1. The summed E-state index contributed by atoms with van der Waals surface area (Å²) in [6.45, 7) is 7.04. The first-order valence-electron chi connectivity index (χ1n) is 11.4. The summed E-state index contributed by atoms with van der Waals surface area (Å²) in [6.07, 6.45) is 6.64. The van der Waals surface area contributed by atoms with Gasteiger partial charge in [0, 0.05) is 37.8 Å². The van der Waals surface area contributed by atoms with Crippen LogP contribution in [0.15, 0.2) is 54.9 Å². The molecule has 0 spiro atoms. The minimum atomic E-state index is -0.0527. The molecule has 0 fully saturated rings. The lowest BCUT2D eigenvalue weighted by molar-refractivity contribution is -0.128. The van der Waals surface area contributed by atoms with Gasteiger partial charge in [0.15, 0.2) is 0 Å².